The zero-order valence-electron chi connectivity index (χ0n) is 18.6. The van der Waals surface area contributed by atoms with Gasteiger partial charge in [0.05, 0.1) is 19.6 Å². The molecule has 1 aromatic carbocycles. The van der Waals surface area contributed by atoms with Crippen molar-refractivity contribution in [2.24, 2.45) is 0 Å². The monoisotopic (exact) mass is 447 g/mol. The Kier molecular flexibility index (Phi) is 5.78. The zero-order chi connectivity index (χ0) is 22.8. The molecule has 33 heavy (non-hydrogen) atoms. The maximum atomic E-state index is 13.2. The van der Waals surface area contributed by atoms with Gasteiger partial charge in [-0.25, -0.2) is 0 Å². The lowest BCUT2D eigenvalue weighted by molar-refractivity contribution is 0.0124. The zero-order valence-corrected chi connectivity index (χ0v) is 18.6. The van der Waals surface area contributed by atoms with Gasteiger partial charge in [-0.05, 0) is 49.9 Å². The molecule has 1 amide bonds. The largest absolute Gasteiger partial charge is 0.479 e. The van der Waals surface area contributed by atoms with Crippen molar-refractivity contribution in [1.82, 2.24) is 19.5 Å². The van der Waals surface area contributed by atoms with E-state index in [2.05, 4.69) is 20.4 Å². The minimum absolute atomic E-state index is 0.125. The van der Waals surface area contributed by atoms with Gasteiger partial charge in [-0.2, -0.15) is 9.97 Å². The van der Waals surface area contributed by atoms with Crippen LogP contribution in [-0.2, 0) is 11.2 Å². The number of ether oxygens (including phenoxy) is 2. The minimum Gasteiger partial charge on any atom is -0.479 e. The van der Waals surface area contributed by atoms with E-state index in [1.165, 1.54) is 7.11 Å². The highest BCUT2D eigenvalue weighted by molar-refractivity contribution is 6.06. The summed E-state index contributed by atoms with van der Waals surface area (Å²) >= 11 is 0. The Bertz CT molecular complexity index is 1290. The SMILES string of the molecule is COc1nc2ccccn2c1C(=O)Nc1cc(-c2noc(CC3CCCCO3)n2)ccc1C. The molecule has 5 rings (SSSR count). The van der Waals surface area contributed by atoms with Gasteiger partial charge in [0.1, 0.15) is 5.65 Å². The van der Waals surface area contributed by atoms with Crippen LogP contribution >= 0.6 is 0 Å². The Labute approximate surface area is 190 Å². The fourth-order valence-electron chi connectivity index (χ4n) is 4.02. The molecule has 0 saturated carbocycles. The number of pyridine rings is 1. The van der Waals surface area contributed by atoms with Crippen molar-refractivity contribution >= 4 is 17.2 Å². The molecule has 9 nitrogen and oxygen atoms in total. The summed E-state index contributed by atoms with van der Waals surface area (Å²) < 4.78 is 18.3. The lowest BCUT2D eigenvalue weighted by atomic mass is 10.1. The van der Waals surface area contributed by atoms with Crippen LogP contribution in [0.3, 0.4) is 0 Å². The number of hydrogen-bond donors (Lipinski definition) is 1. The van der Waals surface area contributed by atoms with E-state index in [-0.39, 0.29) is 17.9 Å². The molecule has 0 aliphatic carbocycles. The molecule has 1 unspecified atom stereocenters. The van der Waals surface area contributed by atoms with Crippen molar-refractivity contribution in [2.75, 3.05) is 19.0 Å². The number of carbonyl (C=O) groups excluding carboxylic acids is 1. The van der Waals surface area contributed by atoms with Crippen LogP contribution in [0, 0.1) is 6.92 Å². The molecular formula is C24H25N5O4. The molecule has 0 spiro atoms. The molecule has 0 bridgehead atoms. The molecule has 9 heteroatoms. The van der Waals surface area contributed by atoms with Crippen LogP contribution in [0.1, 0.15) is 41.2 Å². The minimum atomic E-state index is -0.325. The molecule has 4 aromatic rings. The number of anilines is 1. The first-order valence-corrected chi connectivity index (χ1v) is 11.0. The second kappa shape index (κ2) is 9.03. The lowest BCUT2D eigenvalue weighted by Crippen LogP contribution is -2.21. The van der Waals surface area contributed by atoms with E-state index in [4.69, 9.17) is 14.0 Å². The van der Waals surface area contributed by atoms with Crippen molar-refractivity contribution < 1.29 is 18.8 Å². The lowest BCUT2D eigenvalue weighted by Gasteiger charge is -2.20. The third-order valence-electron chi connectivity index (χ3n) is 5.79. The van der Waals surface area contributed by atoms with E-state index < -0.39 is 0 Å². The molecule has 1 atom stereocenters. The molecular weight excluding hydrogens is 422 g/mol. The molecule has 1 aliphatic heterocycles. The Morgan fingerprint density at radius 3 is 2.97 bits per heavy atom. The number of nitrogens with one attached hydrogen (secondary N) is 1. The summed E-state index contributed by atoms with van der Waals surface area (Å²) in [6.45, 7) is 2.71. The maximum Gasteiger partial charge on any atom is 0.278 e. The van der Waals surface area contributed by atoms with E-state index in [0.717, 1.165) is 37.0 Å². The van der Waals surface area contributed by atoms with Crippen LogP contribution in [0.25, 0.3) is 17.0 Å². The Morgan fingerprint density at radius 1 is 1.24 bits per heavy atom. The van der Waals surface area contributed by atoms with Gasteiger partial charge in [0.15, 0.2) is 5.69 Å². The van der Waals surface area contributed by atoms with E-state index in [1.807, 2.05) is 43.3 Å². The number of benzene rings is 1. The summed E-state index contributed by atoms with van der Waals surface area (Å²) in [5.41, 5.74) is 3.26. The van der Waals surface area contributed by atoms with Crippen molar-refractivity contribution in [2.45, 2.75) is 38.7 Å². The third kappa shape index (κ3) is 4.31. The van der Waals surface area contributed by atoms with Crippen LogP contribution in [0.15, 0.2) is 47.1 Å². The van der Waals surface area contributed by atoms with Crippen molar-refractivity contribution in [1.29, 1.82) is 0 Å². The number of imidazole rings is 1. The highest BCUT2D eigenvalue weighted by Gasteiger charge is 2.22. The predicted octanol–water partition coefficient (Wildman–Crippen LogP) is 4.07. The number of methoxy groups -OCH3 is 1. The molecule has 3 aromatic heterocycles. The summed E-state index contributed by atoms with van der Waals surface area (Å²) in [5.74, 6) is 0.969. The van der Waals surface area contributed by atoms with Crippen LogP contribution in [0.4, 0.5) is 5.69 Å². The van der Waals surface area contributed by atoms with Crippen LogP contribution < -0.4 is 10.1 Å². The molecule has 1 N–H and O–H groups in total. The Hall–Kier alpha value is -3.72. The number of aryl methyl sites for hydroxylation is 1. The average molecular weight is 447 g/mol. The van der Waals surface area contributed by atoms with E-state index in [1.54, 1.807) is 10.6 Å². The van der Waals surface area contributed by atoms with Gasteiger partial charge in [-0.15, -0.1) is 0 Å². The number of amides is 1. The summed E-state index contributed by atoms with van der Waals surface area (Å²) in [7, 11) is 1.50. The highest BCUT2D eigenvalue weighted by Crippen LogP contribution is 2.27. The molecule has 0 radical (unpaired) electrons. The maximum absolute atomic E-state index is 13.2. The first-order valence-electron chi connectivity index (χ1n) is 11.0. The van der Waals surface area contributed by atoms with Gasteiger partial charge in [0.25, 0.3) is 5.91 Å². The summed E-state index contributed by atoms with van der Waals surface area (Å²) in [6, 6.07) is 11.2. The number of aromatic nitrogens is 4. The smallest absolute Gasteiger partial charge is 0.278 e. The number of hydrogen-bond acceptors (Lipinski definition) is 7. The number of fused-ring (bicyclic) bond motifs is 1. The predicted molar refractivity (Wildman–Crippen MR) is 121 cm³/mol. The number of carbonyl (C=O) groups is 1. The molecule has 170 valence electrons. The number of nitrogens with zero attached hydrogens (tertiary/aromatic N) is 4. The van der Waals surface area contributed by atoms with Crippen LogP contribution in [0.5, 0.6) is 5.88 Å². The first-order chi connectivity index (χ1) is 16.1. The second-order valence-electron chi connectivity index (χ2n) is 8.09. The van der Waals surface area contributed by atoms with Crippen molar-refractivity contribution in [3.8, 4) is 17.3 Å². The Balaban J connectivity index is 1.38. The fourth-order valence-corrected chi connectivity index (χ4v) is 4.02. The van der Waals surface area contributed by atoms with Gasteiger partial charge in [-0.1, -0.05) is 23.4 Å². The standard InChI is InChI=1S/C24H25N5O4/c1-15-9-10-16(22-27-20(33-28-22)14-17-7-4-6-12-32-17)13-18(15)25-23(30)21-24(31-2)26-19-8-3-5-11-29(19)21/h3,5,8-11,13,17H,4,6-7,12,14H2,1-2H3,(H,25,30). The van der Waals surface area contributed by atoms with E-state index in [9.17, 15) is 4.79 Å². The topological polar surface area (TPSA) is 104 Å². The van der Waals surface area contributed by atoms with Crippen LogP contribution in [-0.4, -0.2) is 45.3 Å². The summed E-state index contributed by atoms with van der Waals surface area (Å²) in [5, 5.41) is 7.11. The molecule has 1 saturated heterocycles. The summed E-state index contributed by atoms with van der Waals surface area (Å²) in [4.78, 5) is 22.1. The average Bonchev–Trinajstić information content (AvgIpc) is 3.45. The third-order valence-corrected chi connectivity index (χ3v) is 5.79. The van der Waals surface area contributed by atoms with Gasteiger partial charge in [0.2, 0.25) is 17.6 Å². The number of rotatable bonds is 6. The normalized spacial score (nSPS) is 16.1. The van der Waals surface area contributed by atoms with Gasteiger partial charge >= 0.3 is 0 Å². The van der Waals surface area contributed by atoms with Gasteiger partial charge < -0.3 is 19.3 Å². The van der Waals surface area contributed by atoms with Gasteiger partial charge in [0, 0.05) is 24.1 Å². The fraction of sp³-hybridized carbons (Fsp3) is 0.333. The van der Waals surface area contributed by atoms with E-state index in [0.29, 0.717) is 35.2 Å². The first kappa shape index (κ1) is 21.1. The van der Waals surface area contributed by atoms with Crippen molar-refractivity contribution in [3.05, 3.63) is 59.7 Å². The van der Waals surface area contributed by atoms with E-state index >= 15 is 0 Å². The molecule has 1 fully saturated rings. The highest BCUT2D eigenvalue weighted by atomic mass is 16.5. The second-order valence-corrected chi connectivity index (χ2v) is 8.09. The van der Waals surface area contributed by atoms with Gasteiger partial charge in [-0.3, -0.25) is 9.20 Å². The van der Waals surface area contributed by atoms with Crippen LogP contribution in [0.2, 0.25) is 0 Å². The molecule has 4 heterocycles. The Morgan fingerprint density at radius 2 is 2.15 bits per heavy atom. The molecule has 1 aliphatic rings. The quantitative estimate of drug-likeness (QED) is 0.475. The summed E-state index contributed by atoms with van der Waals surface area (Å²) in [6.07, 6.45) is 5.77. The van der Waals surface area contributed by atoms with Crippen molar-refractivity contribution in [3.63, 3.8) is 0 Å².